The molecule has 2 heteroatoms. The second-order valence-corrected chi connectivity index (χ2v) is 6.30. The number of aromatic nitrogens is 1. The molecule has 2 nitrogen and oxygen atoms in total. The first-order valence-electron chi connectivity index (χ1n) is 8.16. The molecule has 0 amide bonds. The topological polar surface area (TPSA) is 25.2 Å². The molecule has 0 unspecified atom stereocenters. The van der Waals surface area contributed by atoms with Crippen LogP contribution >= 0.6 is 0 Å². The van der Waals surface area contributed by atoms with Crippen LogP contribution in [0, 0.1) is 0 Å². The zero-order chi connectivity index (χ0) is 14.9. The highest BCUT2D eigenvalue weighted by Crippen LogP contribution is 2.36. The number of hydrogen-bond donors (Lipinski definition) is 1. The van der Waals surface area contributed by atoms with E-state index in [1.807, 2.05) is 0 Å². The predicted octanol–water partition coefficient (Wildman–Crippen LogP) is 4.78. The Balaban J connectivity index is 1.83. The van der Waals surface area contributed by atoms with Gasteiger partial charge in [0, 0.05) is 28.7 Å². The summed E-state index contributed by atoms with van der Waals surface area (Å²) >= 11 is 0. The molecule has 1 aliphatic carbocycles. The van der Waals surface area contributed by atoms with Gasteiger partial charge in [-0.15, -0.1) is 0 Å². The van der Waals surface area contributed by atoms with Crippen LogP contribution < -0.4 is 0 Å². The van der Waals surface area contributed by atoms with Crippen LogP contribution in [-0.2, 0) is 0 Å². The van der Waals surface area contributed by atoms with Crippen LogP contribution in [0.15, 0.2) is 60.8 Å². The van der Waals surface area contributed by atoms with Gasteiger partial charge in [-0.1, -0.05) is 48.5 Å². The van der Waals surface area contributed by atoms with Gasteiger partial charge in [-0.05, 0) is 37.3 Å². The van der Waals surface area contributed by atoms with Crippen molar-refractivity contribution in [3.63, 3.8) is 0 Å². The van der Waals surface area contributed by atoms with E-state index in [9.17, 15) is 5.11 Å². The van der Waals surface area contributed by atoms with Crippen molar-refractivity contribution in [2.24, 2.45) is 0 Å². The van der Waals surface area contributed by atoms with E-state index < -0.39 is 0 Å². The first kappa shape index (κ1) is 13.6. The quantitative estimate of drug-likeness (QED) is 0.722. The molecule has 0 atom stereocenters. The number of aliphatic hydroxyl groups excluding tert-OH is 1. The highest BCUT2D eigenvalue weighted by Gasteiger charge is 2.22. The fourth-order valence-corrected chi connectivity index (χ4v) is 3.69. The maximum absolute atomic E-state index is 9.76. The lowest BCUT2D eigenvalue weighted by Gasteiger charge is -2.27. The van der Waals surface area contributed by atoms with Gasteiger partial charge in [0.15, 0.2) is 0 Å². The standard InChI is InChI=1S/C20H21NO/c22-17-12-10-16(11-13-17)21-14-19(15-6-2-1-3-7-15)18-8-4-5-9-20(18)21/h1-9,14,16-17,22H,10-13H2. The molecule has 0 aliphatic heterocycles. The van der Waals surface area contributed by atoms with Crippen LogP contribution in [-0.4, -0.2) is 15.8 Å². The molecule has 0 radical (unpaired) electrons. The summed E-state index contributed by atoms with van der Waals surface area (Å²) in [5.41, 5.74) is 3.89. The number of rotatable bonds is 2. The normalized spacial score (nSPS) is 22.0. The van der Waals surface area contributed by atoms with Gasteiger partial charge in [0.1, 0.15) is 0 Å². The molecule has 0 spiro atoms. The molecule has 1 heterocycles. The fraction of sp³-hybridized carbons (Fsp3) is 0.300. The van der Waals surface area contributed by atoms with Gasteiger partial charge in [-0.3, -0.25) is 0 Å². The first-order valence-corrected chi connectivity index (χ1v) is 8.16. The van der Waals surface area contributed by atoms with E-state index in [1.54, 1.807) is 0 Å². The zero-order valence-electron chi connectivity index (χ0n) is 12.7. The summed E-state index contributed by atoms with van der Waals surface area (Å²) in [6.45, 7) is 0. The number of fused-ring (bicyclic) bond motifs is 1. The zero-order valence-corrected chi connectivity index (χ0v) is 12.7. The van der Waals surface area contributed by atoms with Crippen LogP contribution in [0.25, 0.3) is 22.0 Å². The van der Waals surface area contributed by atoms with E-state index in [-0.39, 0.29) is 6.10 Å². The average molecular weight is 291 g/mol. The fourth-order valence-electron chi connectivity index (χ4n) is 3.69. The van der Waals surface area contributed by atoms with Crippen molar-refractivity contribution in [3.8, 4) is 11.1 Å². The summed E-state index contributed by atoms with van der Waals surface area (Å²) < 4.78 is 2.43. The Bertz CT molecular complexity index is 767. The summed E-state index contributed by atoms with van der Waals surface area (Å²) in [4.78, 5) is 0. The van der Waals surface area contributed by atoms with Crippen molar-refractivity contribution in [1.82, 2.24) is 4.57 Å². The molecule has 0 saturated heterocycles. The molecule has 3 aromatic rings. The SMILES string of the molecule is OC1CCC(n2cc(-c3ccccc3)c3ccccc32)CC1. The van der Waals surface area contributed by atoms with Gasteiger partial charge < -0.3 is 9.67 Å². The summed E-state index contributed by atoms with van der Waals surface area (Å²) in [7, 11) is 0. The molecule has 1 N–H and O–H groups in total. The lowest BCUT2D eigenvalue weighted by atomic mass is 9.93. The molecule has 1 aliphatic rings. The Kier molecular flexibility index (Phi) is 3.47. The highest BCUT2D eigenvalue weighted by atomic mass is 16.3. The number of hydrogen-bond acceptors (Lipinski definition) is 1. The van der Waals surface area contributed by atoms with E-state index in [0.29, 0.717) is 6.04 Å². The Morgan fingerprint density at radius 2 is 1.50 bits per heavy atom. The summed E-state index contributed by atoms with van der Waals surface area (Å²) in [6, 6.07) is 19.8. The van der Waals surface area contributed by atoms with Gasteiger partial charge in [0.05, 0.1) is 6.10 Å². The van der Waals surface area contributed by atoms with Crippen LogP contribution in [0.2, 0.25) is 0 Å². The van der Waals surface area contributed by atoms with Crippen LogP contribution in [0.5, 0.6) is 0 Å². The number of benzene rings is 2. The number of nitrogens with zero attached hydrogens (tertiary/aromatic N) is 1. The Labute approximate surface area is 131 Å². The molecule has 4 rings (SSSR count). The minimum absolute atomic E-state index is 0.105. The summed E-state index contributed by atoms with van der Waals surface area (Å²) in [5.74, 6) is 0. The average Bonchev–Trinajstić information content (AvgIpc) is 2.96. The van der Waals surface area contributed by atoms with Crippen LogP contribution in [0.4, 0.5) is 0 Å². The minimum Gasteiger partial charge on any atom is -0.393 e. The smallest absolute Gasteiger partial charge is 0.0541 e. The molecule has 2 aromatic carbocycles. The lowest BCUT2D eigenvalue weighted by Crippen LogP contribution is -2.20. The molecular weight excluding hydrogens is 270 g/mol. The van der Waals surface area contributed by atoms with Gasteiger partial charge >= 0.3 is 0 Å². The highest BCUT2D eigenvalue weighted by molar-refractivity contribution is 5.96. The van der Waals surface area contributed by atoms with Gasteiger partial charge in [-0.25, -0.2) is 0 Å². The molecule has 112 valence electrons. The molecule has 1 fully saturated rings. The van der Waals surface area contributed by atoms with E-state index in [4.69, 9.17) is 0 Å². The minimum atomic E-state index is -0.105. The number of aliphatic hydroxyl groups is 1. The maximum atomic E-state index is 9.76. The predicted molar refractivity (Wildman–Crippen MR) is 90.9 cm³/mol. The molecule has 22 heavy (non-hydrogen) atoms. The maximum Gasteiger partial charge on any atom is 0.0541 e. The van der Waals surface area contributed by atoms with Gasteiger partial charge in [0.2, 0.25) is 0 Å². The van der Waals surface area contributed by atoms with Crippen LogP contribution in [0.3, 0.4) is 0 Å². The van der Waals surface area contributed by atoms with Crippen LogP contribution in [0.1, 0.15) is 31.7 Å². The van der Waals surface area contributed by atoms with Crippen molar-refractivity contribution >= 4 is 10.9 Å². The molecular formula is C20H21NO. The third-order valence-corrected chi connectivity index (χ3v) is 4.88. The monoisotopic (exact) mass is 291 g/mol. The summed E-state index contributed by atoms with van der Waals surface area (Å²) in [6.07, 6.45) is 6.16. The first-order chi connectivity index (χ1) is 10.8. The molecule has 0 bridgehead atoms. The van der Waals surface area contributed by atoms with E-state index in [1.165, 1.54) is 22.0 Å². The Morgan fingerprint density at radius 1 is 0.818 bits per heavy atom. The van der Waals surface area contributed by atoms with Crippen molar-refractivity contribution in [2.45, 2.75) is 37.8 Å². The third kappa shape index (κ3) is 2.34. The van der Waals surface area contributed by atoms with E-state index >= 15 is 0 Å². The van der Waals surface area contributed by atoms with E-state index in [0.717, 1.165) is 25.7 Å². The van der Waals surface area contributed by atoms with Gasteiger partial charge in [0.25, 0.3) is 0 Å². The van der Waals surface area contributed by atoms with Crippen molar-refractivity contribution in [1.29, 1.82) is 0 Å². The second kappa shape index (κ2) is 5.62. The largest absolute Gasteiger partial charge is 0.393 e. The Morgan fingerprint density at radius 3 is 2.27 bits per heavy atom. The van der Waals surface area contributed by atoms with Crippen molar-refractivity contribution < 1.29 is 5.11 Å². The molecule has 1 aromatic heterocycles. The number of para-hydroxylation sites is 1. The molecule has 1 saturated carbocycles. The second-order valence-electron chi connectivity index (χ2n) is 6.30. The van der Waals surface area contributed by atoms with Crippen molar-refractivity contribution in [3.05, 3.63) is 60.8 Å². The Hall–Kier alpha value is -2.06. The van der Waals surface area contributed by atoms with E-state index in [2.05, 4.69) is 65.4 Å². The lowest BCUT2D eigenvalue weighted by molar-refractivity contribution is 0.111. The van der Waals surface area contributed by atoms with Crippen molar-refractivity contribution in [2.75, 3.05) is 0 Å². The summed E-state index contributed by atoms with van der Waals surface area (Å²) in [5, 5.41) is 11.1. The third-order valence-electron chi connectivity index (χ3n) is 4.88. The van der Waals surface area contributed by atoms with Gasteiger partial charge in [-0.2, -0.15) is 0 Å².